The van der Waals surface area contributed by atoms with Crippen LogP contribution in [0.4, 0.5) is 11.4 Å². The molecule has 6 rings (SSSR count). The maximum atomic E-state index is 13.9. The van der Waals surface area contributed by atoms with Gasteiger partial charge in [0.1, 0.15) is 13.2 Å². The van der Waals surface area contributed by atoms with Gasteiger partial charge in [-0.1, -0.05) is 71.2 Å². The molecule has 0 saturated carbocycles. The Morgan fingerprint density at radius 1 is 0.740 bits per heavy atom. The lowest BCUT2D eigenvalue weighted by Gasteiger charge is -2.16. The minimum Gasteiger partial charge on any atom is -0.493 e. The lowest BCUT2D eigenvalue weighted by Crippen LogP contribution is -2.28. The van der Waals surface area contributed by atoms with Crippen LogP contribution in [0.2, 0.25) is 15.1 Å². The van der Waals surface area contributed by atoms with Crippen molar-refractivity contribution in [2.24, 2.45) is 4.99 Å². The Labute approximate surface area is 310 Å². The molecule has 5 aromatic rings. The third kappa shape index (κ3) is 8.57. The summed E-state index contributed by atoms with van der Waals surface area (Å²) in [5.41, 5.74) is 3.85. The predicted molar refractivity (Wildman–Crippen MR) is 204 cm³/mol. The highest BCUT2D eigenvalue weighted by atomic mass is 35.5. The Morgan fingerprint density at radius 2 is 1.44 bits per heavy atom. The molecule has 0 atom stereocenters. The molecule has 1 amide bonds. The lowest BCUT2D eigenvalue weighted by atomic mass is 10.1. The summed E-state index contributed by atoms with van der Waals surface area (Å²) >= 11 is 20.3. The van der Waals surface area contributed by atoms with E-state index in [1.54, 1.807) is 78.7 Å². The molecule has 1 aliphatic heterocycles. The number of amides is 1. The predicted octanol–water partition coefficient (Wildman–Crippen LogP) is 11.0. The normalized spacial score (nSPS) is 14.3. The minimum atomic E-state index is -0.246. The van der Waals surface area contributed by atoms with Gasteiger partial charge in [-0.3, -0.25) is 9.69 Å². The highest BCUT2D eigenvalue weighted by Gasteiger charge is 2.35. The van der Waals surface area contributed by atoms with E-state index in [4.69, 9.17) is 58.7 Å². The molecule has 5 aromatic carbocycles. The molecule has 254 valence electrons. The zero-order chi connectivity index (χ0) is 35.0. The first kappa shape index (κ1) is 35.2. The van der Waals surface area contributed by atoms with Gasteiger partial charge in [-0.05, 0) is 114 Å². The van der Waals surface area contributed by atoms with E-state index in [-0.39, 0.29) is 12.5 Å². The maximum absolute atomic E-state index is 13.9. The number of benzene rings is 5. The number of thioether (sulfide) groups is 1. The van der Waals surface area contributed by atoms with Crippen molar-refractivity contribution in [3.05, 3.63) is 146 Å². The number of aliphatic imine (C=N–C) groups is 1. The molecule has 0 spiro atoms. The second-order valence-electron chi connectivity index (χ2n) is 10.9. The first-order valence-corrected chi connectivity index (χ1v) is 17.5. The monoisotopic (exact) mass is 744 g/mol. The molecule has 0 N–H and O–H groups in total. The van der Waals surface area contributed by atoms with Gasteiger partial charge in [-0.15, -0.1) is 0 Å². The SMILES string of the molecule is CCOc1cc(/C=C2/SC(=Nc3ccc(Cl)cc3)N(c3ccc(Cl)cc3)C2=O)cc(Cl)c1OCc1ccc(OCc2ccccc2)c(OC)c1. The van der Waals surface area contributed by atoms with E-state index in [1.807, 2.05) is 55.5 Å². The van der Waals surface area contributed by atoms with Crippen LogP contribution < -0.4 is 23.8 Å². The van der Waals surface area contributed by atoms with Crippen LogP contribution in [-0.2, 0) is 18.0 Å². The molecule has 0 aromatic heterocycles. The average molecular weight is 746 g/mol. The van der Waals surface area contributed by atoms with Crippen molar-refractivity contribution in [2.45, 2.75) is 20.1 Å². The molecule has 1 aliphatic rings. The standard InChI is InChI=1S/C39H31Cl3N2O5S/c1-3-47-35-21-27(19-32(42)37(35)49-24-26-9-18-33(34(20-26)46-2)48-23-25-7-5-4-6-8-25)22-36-38(45)44(31-16-12-29(41)13-17-31)39(50-36)43-30-14-10-28(40)11-15-30/h4-22H,3,23-24H2,1-2H3/b36-22+,43-39?. The largest absolute Gasteiger partial charge is 0.493 e. The van der Waals surface area contributed by atoms with Crippen molar-refractivity contribution < 1.29 is 23.7 Å². The molecule has 50 heavy (non-hydrogen) atoms. The van der Waals surface area contributed by atoms with Gasteiger partial charge in [0.25, 0.3) is 5.91 Å². The summed E-state index contributed by atoms with van der Waals surface area (Å²) in [5, 5.41) is 1.96. The molecule has 0 radical (unpaired) electrons. The quantitative estimate of drug-likeness (QED) is 0.118. The van der Waals surface area contributed by atoms with Crippen LogP contribution in [0, 0.1) is 0 Å². The fourth-order valence-corrected chi connectivity index (χ4v) is 6.56. The highest BCUT2D eigenvalue weighted by Crippen LogP contribution is 2.41. The van der Waals surface area contributed by atoms with Crippen LogP contribution in [-0.4, -0.2) is 24.8 Å². The van der Waals surface area contributed by atoms with E-state index in [0.717, 1.165) is 11.1 Å². The zero-order valence-electron chi connectivity index (χ0n) is 27.1. The topological polar surface area (TPSA) is 69.6 Å². The van der Waals surface area contributed by atoms with Gasteiger partial charge in [0, 0.05) is 10.0 Å². The maximum Gasteiger partial charge on any atom is 0.271 e. The van der Waals surface area contributed by atoms with Crippen LogP contribution >= 0.6 is 46.6 Å². The van der Waals surface area contributed by atoms with Gasteiger partial charge in [0.15, 0.2) is 28.2 Å². The Hall–Kier alpha value is -4.60. The highest BCUT2D eigenvalue weighted by molar-refractivity contribution is 8.19. The van der Waals surface area contributed by atoms with Gasteiger partial charge < -0.3 is 18.9 Å². The van der Waals surface area contributed by atoms with Crippen LogP contribution in [0.3, 0.4) is 0 Å². The number of ether oxygens (including phenoxy) is 4. The molecule has 0 unspecified atom stereocenters. The summed E-state index contributed by atoms with van der Waals surface area (Å²) in [6, 6.07) is 33.2. The lowest BCUT2D eigenvalue weighted by molar-refractivity contribution is -0.113. The summed E-state index contributed by atoms with van der Waals surface area (Å²) in [5.74, 6) is 1.80. The Morgan fingerprint density at radius 3 is 2.14 bits per heavy atom. The van der Waals surface area contributed by atoms with Crippen molar-refractivity contribution in [3.63, 3.8) is 0 Å². The summed E-state index contributed by atoms with van der Waals surface area (Å²) < 4.78 is 23.8. The van der Waals surface area contributed by atoms with Crippen LogP contribution in [0.5, 0.6) is 23.0 Å². The second-order valence-corrected chi connectivity index (χ2v) is 13.2. The summed E-state index contributed by atoms with van der Waals surface area (Å²) in [6.07, 6.45) is 1.76. The fraction of sp³-hybridized carbons (Fsp3) is 0.128. The molecule has 11 heteroatoms. The van der Waals surface area contributed by atoms with Gasteiger partial charge >= 0.3 is 0 Å². The van der Waals surface area contributed by atoms with E-state index in [1.165, 1.54) is 11.8 Å². The number of methoxy groups -OCH3 is 1. The molecule has 1 heterocycles. The first-order valence-electron chi connectivity index (χ1n) is 15.6. The molecule has 1 fully saturated rings. The van der Waals surface area contributed by atoms with Crippen molar-refractivity contribution >= 4 is 75.1 Å². The Balaban J connectivity index is 1.23. The minimum absolute atomic E-state index is 0.199. The van der Waals surface area contributed by atoms with Gasteiger partial charge in [0.2, 0.25) is 0 Å². The van der Waals surface area contributed by atoms with E-state index in [9.17, 15) is 4.79 Å². The van der Waals surface area contributed by atoms with Gasteiger partial charge in [-0.2, -0.15) is 0 Å². The van der Waals surface area contributed by atoms with Gasteiger partial charge in [0.05, 0.1) is 35.0 Å². The van der Waals surface area contributed by atoms with Crippen LogP contribution in [0.15, 0.2) is 119 Å². The van der Waals surface area contributed by atoms with Crippen molar-refractivity contribution in [1.82, 2.24) is 0 Å². The van der Waals surface area contributed by atoms with Crippen molar-refractivity contribution in [1.29, 1.82) is 0 Å². The molecule has 0 aliphatic carbocycles. The fourth-order valence-electron chi connectivity index (χ4n) is 5.03. The summed E-state index contributed by atoms with van der Waals surface area (Å²) in [4.78, 5) is 20.6. The Bertz CT molecular complexity index is 2040. The number of hydrogen-bond donors (Lipinski definition) is 0. The van der Waals surface area contributed by atoms with E-state index >= 15 is 0 Å². The zero-order valence-corrected chi connectivity index (χ0v) is 30.2. The van der Waals surface area contributed by atoms with Crippen LogP contribution in [0.25, 0.3) is 6.08 Å². The second kappa shape index (κ2) is 16.4. The molecule has 0 bridgehead atoms. The molecular formula is C39H31Cl3N2O5S. The van der Waals surface area contributed by atoms with Gasteiger partial charge in [-0.25, -0.2) is 4.99 Å². The van der Waals surface area contributed by atoms with E-state index in [2.05, 4.69) is 0 Å². The third-order valence-corrected chi connectivity index (χ3v) is 9.17. The summed E-state index contributed by atoms with van der Waals surface area (Å²) in [6.45, 7) is 2.87. The number of anilines is 1. The number of hydrogen-bond acceptors (Lipinski definition) is 7. The smallest absolute Gasteiger partial charge is 0.271 e. The molecule has 1 saturated heterocycles. The van der Waals surface area contributed by atoms with Crippen molar-refractivity contribution in [3.8, 4) is 23.0 Å². The van der Waals surface area contributed by atoms with E-state index < -0.39 is 0 Å². The molecular weight excluding hydrogens is 715 g/mol. The number of rotatable bonds is 12. The molecule has 7 nitrogen and oxygen atoms in total. The van der Waals surface area contributed by atoms with Crippen molar-refractivity contribution in [2.75, 3.05) is 18.6 Å². The number of halogens is 3. The average Bonchev–Trinajstić information content (AvgIpc) is 3.42. The van der Waals surface area contributed by atoms with Crippen LogP contribution in [0.1, 0.15) is 23.6 Å². The number of amidine groups is 1. The number of nitrogens with zero attached hydrogens (tertiary/aromatic N) is 2. The first-order chi connectivity index (χ1) is 24.3. The number of carbonyl (C=O) groups is 1. The third-order valence-electron chi connectivity index (χ3n) is 7.42. The number of carbonyl (C=O) groups excluding carboxylic acids is 1. The Kier molecular flexibility index (Phi) is 11.6. The van der Waals surface area contributed by atoms with E-state index in [0.29, 0.717) is 78.3 Å². The summed E-state index contributed by atoms with van der Waals surface area (Å²) in [7, 11) is 1.60.